The van der Waals surface area contributed by atoms with E-state index in [-0.39, 0.29) is 12.0 Å². The summed E-state index contributed by atoms with van der Waals surface area (Å²) in [5, 5.41) is 3.40. The lowest BCUT2D eigenvalue weighted by atomic mass is 10.1. The van der Waals surface area contributed by atoms with Crippen molar-refractivity contribution in [2.24, 2.45) is 0 Å². The summed E-state index contributed by atoms with van der Waals surface area (Å²) in [4.78, 5) is 12.4. The number of ether oxygens (including phenoxy) is 1. The lowest BCUT2D eigenvalue weighted by Crippen LogP contribution is -2.23. The molecule has 0 amide bonds. The van der Waals surface area contributed by atoms with E-state index in [0.29, 0.717) is 19.6 Å². The Labute approximate surface area is 133 Å². The summed E-state index contributed by atoms with van der Waals surface area (Å²) in [5.41, 5.74) is 0. The highest BCUT2D eigenvalue weighted by molar-refractivity contribution is 7.16. The van der Waals surface area contributed by atoms with E-state index < -0.39 is 0 Å². The number of halogens is 1. The summed E-state index contributed by atoms with van der Waals surface area (Å²) in [6, 6.07) is 7.60. The number of furan rings is 1. The lowest BCUT2D eigenvalue weighted by Gasteiger charge is -2.15. The van der Waals surface area contributed by atoms with E-state index in [9.17, 15) is 4.79 Å². The van der Waals surface area contributed by atoms with Crippen LogP contribution in [0.15, 0.2) is 34.9 Å². The zero-order valence-corrected chi connectivity index (χ0v) is 13.4. The molecule has 6 heteroatoms. The molecular formula is C15H18ClNO3S. The molecule has 0 aromatic carbocycles. The van der Waals surface area contributed by atoms with E-state index in [0.717, 1.165) is 21.4 Å². The minimum absolute atomic E-state index is 0.0419. The zero-order valence-electron chi connectivity index (χ0n) is 11.8. The van der Waals surface area contributed by atoms with Crippen molar-refractivity contribution >= 4 is 28.9 Å². The first kappa shape index (κ1) is 16.1. The van der Waals surface area contributed by atoms with Gasteiger partial charge in [0.05, 0.1) is 17.2 Å². The summed E-state index contributed by atoms with van der Waals surface area (Å²) < 4.78 is 11.1. The van der Waals surface area contributed by atoms with E-state index in [1.54, 1.807) is 6.26 Å². The SMILES string of the molecule is CCOC(=O)CCCNC(c1ccco1)c1ccc(Cl)s1. The van der Waals surface area contributed by atoms with Crippen molar-refractivity contribution in [3.05, 3.63) is 45.5 Å². The van der Waals surface area contributed by atoms with Crippen LogP contribution in [0.3, 0.4) is 0 Å². The average Bonchev–Trinajstić information content (AvgIpc) is 3.11. The number of carbonyl (C=O) groups is 1. The minimum atomic E-state index is -0.159. The van der Waals surface area contributed by atoms with Gasteiger partial charge in [-0.25, -0.2) is 0 Å². The molecule has 0 radical (unpaired) electrons. The lowest BCUT2D eigenvalue weighted by molar-refractivity contribution is -0.143. The summed E-state index contributed by atoms with van der Waals surface area (Å²) in [6.07, 6.45) is 2.78. The molecule has 0 spiro atoms. The summed E-state index contributed by atoms with van der Waals surface area (Å²) in [7, 11) is 0. The molecule has 1 N–H and O–H groups in total. The fourth-order valence-corrected chi connectivity index (χ4v) is 3.14. The Morgan fingerprint density at radius 3 is 2.95 bits per heavy atom. The molecule has 0 fully saturated rings. The molecule has 2 heterocycles. The highest BCUT2D eigenvalue weighted by atomic mass is 35.5. The standard InChI is InChI=1S/C15H18ClNO3S/c1-2-19-14(18)6-3-9-17-15(11-5-4-10-20-11)12-7-8-13(16)21-12/h4-5,7-8,10,15,17H,2-3,6,9H2,1H3. The zero-order chi connectivity index (χ0) is 15.1. The van der Waals surface area contributed by atoms with Crippen LogP contribution in [0.25, 0.3) is 0 Å². The highest BCUT2D eigenvalue weighted by Crippen LogP contribution is 2.31. The van der Waals surface area contributed by atoms with Crippen molar-refractivity contribution in [3.8, 4) is 0 Å². The normalized spacial score (nSPS) is 12.3. The molecule has 2 rings (SSSR count). The molecule has 4 nitrogen and oxygen atoms in total. The van der Waals surface area contributed by atoms with Crippen molar-refractivity contribution in [2.45, 2.75) is 25.8 Å². The number of thiophene rings is 1. The van der Waals surface area contributed by atoms with E-state index in [1.165, 1.54) is 11.3 Å². The van der Waals surface area contributed by atoms with E-state index in [1.807, 2.05) is 31.2 Å². The fraction of sp³-hybridized carbons (Fsp3) is 0.400. The maximum atomic E-state index is 11.3. The largest absolute Gasteiger partial charge is 0.467 e. The molecule has 21 heavy (non-hydrogen) atoms. The van der Waals surface area contributed by atoms with Gasteiger partial charge in [0.1, 0.15) is 11.8 Å². The monoisotopic (exact) mass is 327 g/mol. The fourth-order valence-electron chi connectivity index (χ4n) is 1.99. The molecular weight excluding hydrogens is 310 g/mol. The van der Waals surface area contributed by atoms with Gasteiger partial charge in [-0.1, -0.05) is 11.6 Å². The van der Waals surface area contributed by atoms with Gasteiger partial charge in [0.25, 0.3) is 0 Å². The summed E-state index contributed by atoms with van der Waals surface area (Å²) >= 11 is 7.52. The quantitative estimate of drug-likeness (QED) is 0.588. The Morgan fingerprint density at radius 2 is 2.33 bits per heavy atom. The predicted molar refractivity (Wildman–Crippen MR) is 83.7 cm³/mol. The van der Waals surface area contributed by atoms with Crippen LogP contribution in [0.2, 0.25) is 4.34 Å². The molecule has 114 valence electrons. The maximum Gasteiger partial charge on any atom is 0.305 e. The third kappa shape index (κ3) is 4.88. The van der Waals surface area contributed by atoms with E-state index in [4.69, 9.17) is 20.8 Å². The molecule has 1 unspecified atom stereocenters. The van der Waals surface area contributed by atoms with Crippen LogP contribution in [0.5, 0.6) is 0 Å². The maximum absolute atomic E-state index is 11.3. The van der Waals surface area contributed by atoms with Crippen LogP contribution >= 0.6 is 22.9 Å². The van der Waals surface area contributed by atoms with Crippen LogP contribution in [-0.4, -0.2) is 19.1 Å². The molecule has 0 bridgehead atoms. The van der Waals surface area contributed by atoms with Crippen LogP contribution in [0.1, 0.15) is 36.4 Å². The first-order chi connectivity index (χ1) is 10.2. The molecule has 0 aliphatic heterocycles. The second-order valence-electron chi connectivity index (χ2n) is 4.45. The van der Waals surface area contributed by atoms with Gasteiger partial charge in [-0.15, -0.1) is 11.3 Å². The first-order valence-electron chi connectivity index (χ1n) is 6.88. The number of nitrogens with one attached hydrogen (secondary N) is 1. The molecule has 0 aliphatic rings. The Hall–Kier alpha value is -1.30. The second kappa shape index (κ2) is 8.22. The topological polar surface area (TPSA) is 51.5 Å². The number of hydrogen-bond acceptors (Lipinski definition) is 5. The minimum Gasteiger partial charge on any atom is -0.467 e. The molecule has 2 aromatic heterocycles. The smallest absolute Gasteiger partial charge is 0.305 e. The number of rotatable bonds is 8. The van der Waals surface area contributed by atoms with Gasteiger partial charge in [0.2, 0.25) is 0 Å². The molecule has 1 atom stereocenters. The van der Waals surface area contributed by atoms with Crippen molar-refractivity contribution in [1.82, 2.24) is 5.32 Å². The van der Waals surface area contributed by atoms with Crippen LogP contribution in [-0.2, 0) is 9.53 Å². The Balaban J connectivity index is 1.90. The number of carbonyl (C=O) groups excluding carboxylic acids is 1. The van der Waals surface area contributed by atoms with Gasteiger partial charge in [-0.3, -0.25) is 4.79 Å². The van der Waals surface area contributed by atoms with Gasteiger partial charge in [-0.05, 0) is 44.2 Å². The third-order valence-electron chi connectivity index (χ3n) is 2.92. The molecule has 0 aliphatic carbocycles. The van der Waals surface area contributed by atoms with Gasteiger partial charge < -0.3 is 14.5 Å². The molecule has 2 aromatic rings. The van der Waals surface area contributed by atoms with Crippen LogP contribution < -0.4 is 5.32 Å². The summed E-state index contributed by atoms with van der Waals surface area (Å²) in [5.74, 6) is 0.678. The van der Waals surface area contributed by atoms with Gasteiger partial charge in [-0.2, -0.15) is 0 Å². The highest BCUT2D eigenvalue weighted by Gasteiger charge is 2.18. The van der Waals surface area contributed by atoms with Crippen LogP contribution in [0, 0.1) is 0 Å². The molecule has 0 saturated heterocycles. The van der Waals surface area contributed by atoms with E-state index in [2.05, 4.69) is 5.32 Å². The van der Waals surface area contributed by atoms with E-state index >= 15 is 0 Å². The van der Waals surface area contributed by atoms with Crippen molar-refractivity contribution in [3.63, 3.8) is 0 Å². The van der Waals surface area contributed by atoms with Crippen molar-refractivity contribution in [1.29, 1.82) is 0 Å². The first-order valence-corrected chi connectivity index (χ1v) is 8.07. The van der Waals surface area contributed by atoms with Crippen molar-refractivity contribution < 1.29 is 13.9 Å². The third-order valence-corrected chi connectivity index (χ3v) is 4.21. The number of esters is 1. The predicted octanol–water partition coefficient (Wildman–Crippen LogP) is 4.02. The number of hydrogen-bond donors (Lipinski definition) is 1. The molecule has 0 saturated carbocycles. The van der Waals surface area contributed by atoms with Gasteiger partial charge in [0, 0.05) is 11.3 Å². The van der Waals surface area contributed by atoms with Gasteiger partial charge >= 0.3 is 5.97 Å². The second-order valence-corrected chi connectivity index (χ2v) is 6.20. The summed E-state index contributed by atoms with van der Waals surface area (Å²) in [6.45, 7) is 2.93. The Bertz CT molecular complexity index is 553. The van der Waals surface area contributed by atoms with Crippen LogP contribution in [0.4, 0.5) is 0 Å². The average molecular weight is 328 g/mol. The van der Waals surface area contributed by atoms with Gasteiger partial charge in [0.15, 0.2) is 0 Å². The van der Waals surface area contributed by atoms with Crippen molar-refractivity contribution in [2.75, 3.05) is 13.2 Å². The Kier molecular flexibility index (Phi) is 6.29. The Morgan fingerprint density at radius 1 is 1.48 bits per heavy atom.